The van der Waals surface area contributed by atoms with Gasteiger partial charge in [0.25, 0.3) is 5.56 Å². The van der Waals surface area contributed by atoms with Crippen LogP contribution < -0.4 is 21.4 Å². The first kappa shape index (κ1) is 21.4. The molecule has 160 valence electrons. The predicted octanol–water partition coefficient (Wildman–Crippen LogP) is 2.32. The molecule has 0 unspecified atom stereocenters. The molecule has 0 saturated heterocycles. The molecule has 2 heterocycles. The maximum absolute atomic E-state index is 12.8. The van der Waals surface area contributed by atoms with E-state index in [1.165, 1.54) is 11.6 Å². The standard InChI is InChI=1S/C21H28N6O3/c1-6-30-16-9-7-15(8-10-16)13-22-24-20-23-18-17(27(20)12-11-14(2)3)19(28)26(5)21(29)25(18)4/h7-10,13-14H,6,11-12H2,1-5H3,(H,23,24). The third kappa shape index (κ3) is 4.29. The Bertz CT molecular complexity index is 1170. The van der Waals surface area contributed by atoms with Crippen LogP contribution >= 0.6 is 0 Å². The molecule has 0 spiro atoms. The number of hydrogen-bond donors (Lipinski definition) is 1. The van der Waals surface area contributed by atoms with Crippen molar-refractivity contribution in [1.82, 2.24) is 18.7 Å². The van der Waals surface area contributed by atoms with Gasteiger partial charge in [-0.25, -0.2) is 10.2 Å². The summed E-state index contributed by atoms with van der Waals surface area (Å²) in [6.07, 6.45) is 2.52. The minimum atomic E-state index is -0.412. The quantitative estimate of drug-likeness (QED) is 0.453. The Kier molecular flexibility index (Phi) is 6.39. The monoisotopic (exact) mass is 412 g/mol. The number of hydrogen-bond acceptors (Lipinski definition) is 6. The van der Waals surface area contributed by atoms with Gasteiger partial charge in [-0.3, -0.25) is 13.9 Å². The lowest BCUT2D eigenvalue weighted by atomic mass is 10.1. The number of nitrogens with one attached hydrogen (secondary N) is 1. The summed E-state index contributed by atoms with van der Waals surface area (Å²) in [6, 6.07) is 7.55. The predicted molar refractivity (Wildman–Crippen MR) is 118 cm³/mol. The summed E-state index contributed by atoms with van der Waals surface area (Å²) < 4.78 is 9.72. The molecule has 3 aromatic rings. The van der Waals surface area contributed by atoms with Gasteiger partial charge in [-0.2, -0.15) is 10.1 Å². The van der Waals surface area contributed by atoms with Crippen LogP contribution in [0.5, 0.6) is 5.75 Å². The Labute approximate surface area is 174 Å². The van der Waals surface area contributed by atoms with Crippen LogP contribution in [-0.2, 0) is 20.6 Å². The van der Waals surface area contributed by atoms with E-state index in [0.717, 1.165) is 22.3 Å². The average molecular weight is 412 g/mol. The first-order valence-corrected chi connectivity index (χ1v) is 10.0. The van der Waals surface area contributed by atoms with Crippen molar-refractivity contribution in [3.8, 4) is 5.75 Å². The number of aromatic nitrogens is 4. The maximum Gasteiger partial charge on any atom is 0.332 e. The van der Waals surface area contributed by atoms with E-state index < -0.39 is 5.69 Å². The highest BCUT2D eigenvalue weighted by atomic mass is 16.5. The Morgan fingerprint density at radius 1 is 1.17 bits per heavy atom. The molecule has 30 heavy (non-hydrogen) atoms. The van der Waals surface area contributed by atoms with Crippen LogP contribution in [0.3, 0.4) is 0 Å². The second-order valence-corrected chi connectivity index (χ2v) is 7.52. The van der Waals surface area contributed by atoms with Gasteiger partial charge in [0.1, 0.15) is 5.75 Å². The molecule has 0 bridgehead atoms. The van der Waals surface area contributed by atoms with Crippen molar-refractivity contribution in [2.75, 3.05) is 12.0 Å². The van der Waals surface area contributed by atoms with Gasteiger partial charge in [-0.15, -0.1) is 0 Å². The summed E-state index contributed by atoms with van der Waals surface area (Å²) in [5, 5.41) is 4.28. The van der Waals surface area contributed by atoms with Crippen LogP contribution in [0.1, 0.15) is 32.8 Å². The second-order valence-electron chi connectivity index (χ2n) is 7.52. The third-order valence-electron chi connectivity index (χ3n) is 4.85. The van der Waals surface area contributed by atoms with Gasteiger partial charge in [-0.1, -0.05) is 13.8 Å². The van der Waals surface area contributed by atoms with Gasteiger partial charge in [-0.05, 0) is 49.1 Å². The van der Waals surface area contributed by atoms with Crippen molar-refractivity contribution < 1.29 is 4.74 Å². The highest BCUT2D eigenvalue weighted by Crippen LogP contribution is 2.18. The number of benzene rings is 1. The zero-order valence-electron chi connectivity index (χ0n) is 18.0. The van der Waals surface area contributed by atoms with E-state index in [4.69, 9.17) is 4.74 Å². The van der Waals surface area contributed by atoms with E-state index in [1.807, 2.05) is 31.2 Å². The minimum absolute atomic E-state index is 0.339. The summed E-state index contributed by atoms with van der Waals surface area (Å²) in [7, 11) is 3.08. The number of rotatable bonds is 8. The Hall–Kier alpha value is -3.36. The van der Waals surface area contributed by atoms with Crippen LogP contribution in [0.15, 0.2) is 39.0 Å². The van der Waals surface area contributed by atoms with Crippen LogP contribution in [0, 0.1) is 5.92 Å². The number of nitrogens with zero attached hydrogens (tertiary/aromatic N) is 5. The van der Waals surface area contributed by atoms with Crippen molar-refractivity contribution >= 4 is 23.3 Å². The summed E-state index contributed by atoms with van der Waals surface area (Å²) >= 11 is 0. The molecule has 2 aromatic heterocycles. The lowest BCUT2D eigenvalue weighted by molar-refractivity contribution is 0.340. The molecule has 0 fully saturated rings. The molecule has 0 amide bonds. The molecule has 0 radical (unpaired) electrons. The average Bonchev–Trinajstić information content (AvgIpc) is 3.09. The number of aryl methyl sites for hydroxylation is 2. The van der Waals surface area contributed by atoms with Gasteiger partial charge >= 0.3 is 5.69 Å². The zero-order valence-corrected chi connectivity index (χ0v) is 18.0. The molecule has 0 aliphatic heterocycles. The highest BCUT2D eigenvalue weighted by Gasteiger charge is 2.19. The van der Waals surface area contributed by atoms with Crippen molar-refractivity contribution in [2.45, 2.75) is 33.7 Å². The van der Waals surface area contributed by atoms with E-state index in [2.05, 4.69) is 29.4 Å². The Morgan fingerprint density at radius 2 is 1.87 bits per heavy atom. The third-order valence-corrected chi connectivity index (χ3v) is 4.85. The number of anilines is 1. The molecule has 9 nitrogen and oxygen atoms in total. The summed E-state index contributed by atoms with van der Waals surface area (Å²) in [4.78, 5) is 29.5. The molecule has 9 heteroatoms. The van der Waals surface area contributed by atoms with Crippen molar-refractivity contribution in [1.29, 1.82) is 0 Å². The molecule has 0 aliphatic rings. The molecule has 0 atom stereocenters. The van der Waals surface area contributed by atoms with E-state index in [1.54, 1.807) is 17.8 Å². The number of fused-ring (bicyclic) bond motifs is 1. The van der Waals surface area contributed by atoms with E-state index >= 15 is 0 Å². The van der Waals surface area contributed by atoms with Crippen LogP contribution in [0.25, 0.3) is 11.2 Å². The summed E-state index contributed by atoms with van der Waals surface area (Å²) in [6.45, 7) is 7.37. The summed E-state index contributed by atoms with van der Waals surface area (Å²) in [5.41, 5.74) is 3.77. The Balaban J connectivity index is 1.96. The van der Waals surface area contributed by atoms with Crippen LogP contribution in [0.4, 0.5) is 5.95 Å². The normalized spacial score (nSPS) is 11.7. The molecule has 0 aliphatic carbocycles. The fourth-order valence-electron chi connectivity index (χ4n) is 3.12. The Morgan fingerprint density at radius 3 is 2.50 bits per heavy atom. The molecule has 1 N–H and O–H groups in total. The molecular weight excluding hydrogens is 384 g/mol. The van der Waals surface area contributed by atoms with Crippen molar-refractivity contribution in [3.05, 3.63) is 50.7 Å². The van der Waals surface area contributed by atoms with Gasteiger partial charge in [0.05, 0.1) is 12.8 Å². The van der Waals surface area contributed by atoms with Crippen LogP contribution in [-0.4, -0.2) is 31.5 Å². The highest BCUT2D eigenvalue weighted by molar-refractivity contribution is 5.80. The molecule has 3 rings (SSSR count). The van der Waals surface area contributed by atoms with Gasteiger partial charge in [0.15, 0.2) is 11.2 Å². The van der Waals surface area contributed by atoms with E-state index in [-0.39, 0.29) is 5.56 Å². The van der Waals surface area contributed by atoms with E-state index in [9.17, 15) is 9.59 Å². The topological polar surface area (TPSA) is 95.4 Å². The number of ether oxygens (including phenoxy) is 1. The first-order chi connectivity index (χ1) is 14.3. The smallest absolute Gasteiger partial charge is 0.332 e. The first-order valence-electron chi connectivity index (χ1n) is 10.0. The molecule has 0 saturated carbocycles. The number of imidazole rings is 1. The minimum Gasteiger partial charge on any atom is -0.494 e. The fraction of sp³-hybridized carbons (Fsp3) is 0.429. The SMILES string of the molecule is CCOc1ccc(C=NNc2nc3c(c(=O)n(C)c(=O)n3C)n2CCC(C)C)cc1. The fourth-order valence-corrected chi connectivity index (χ4v) is 3.12. The zero-order chi connectivity index (χ0) is 21.8. The second kappa shape index (κ2) is 8.98. The largest absolute Gasteiger partial charge is 0.494 e. The molecule has 1 aromatic carbocycles. The van der Waals surface area contributed by atoms with E-state index in [0.29, 0.717) is 36.2 Å². The number of hydrazone groups is 1. The van der Waals surface area contributed by atoms with Gasteiger partial charge in [0, 0.05) is 20.6 Å². The molecular formula is C21H28N6O3. The van der Waals surface area contributed by atoms with Crippen molar-refractivity contribution in [3.63, 3.8) is 0 Å². The maximum atomic E-state index is 12.8. The van der Waals surface area contributed by atoms with Crippen LogP contribution in [0.2, 0.25) is 0 Å². The van der Waals surface area contributed by atoms with Gasteiger partial charge in [0.2, 0.25) is 5.95 Å². The summed E-state index contributed by atoms with van der Waals surface area (Å²) in [5.74, 6) is 1.67. The lowest BCUT2D eigenvalue weighted by Crippen LogP contribution is -2.37. The van der Waals surface area contributed by atoms with Gasteiger partial charge < -0.3 is 9.30 Å². The lowest BCUT2D eigenvalue weighted by Gasteiger charge is -2.10. The van der Waals surface area contributed by atoms with Crippen molar-refractivity contribution in [2.24, 2.45) is 25.1 Å².